The van der Waals surface area contributed by atoms with Crippen LogP contribution in [-0.2, 0) is 0 Å². The molecule has 0 aliphatic carbocycles. The molecule has 0 amide bonds. The summed E-state index contributed by atoms with van der Waals surface area (Å²) in [4.78, 5) is 0. The Kier molecular flexibility index (Phi) is 12.1. The van der Waals surface area contributed by atoms with Crippen molar-refractivity contribution < 1.29 is 0 Å². The first-order valence-corrected chi connectivity index (χ1v) is 10.6. The summed E-state index contributed by atoms with van der Waals surface area (Å²) >= 11 is 0. The second kappa shape index (κ2) is 13.2. The van der Waals surface area contributed by atoms with Gasteiger partial charge in [-0.15, -0.1) is 0 Å². The lowest BCUT2D eigenvalue weighted by Crippen LogP contribution is -2.38. The van der Waals surface area contributed by atoms with Crippen molar-refractivity contribution in [2.45, 2.75) is 98.3 Å². The topological polar surface area (TPSA) is 15.3 Å². The van der Waals surface area contributed by atoms with E-state index in [0.717, 1.165) is 17.8 Å². The summed E-state index contributed by atoms with van der Waals surface area (Å²) in [5, 5.41) is 2.46. The van der Waals surface area contributed by atoms with Crippen LogP contribution in [0.3, 0.4) is 0 Å². The molecule has 138 valence electrons. The molecule has 0 aromatic carbocycles. The van der Waals surface area contributed by atoms with Gasteiger partial charge in [0.25, 0.3) is 0 Å². The average molecular weight is 325 g/mol. The molecule has 1 saturated heterocycles. The van der Waals surface area contributed by atoms with E-state index in [1.54, 1.807) is 0 Å². The molecule has 0 bridgehead atoms. The maximum atomic E-state index is 3.56. The van der Waals surface area contributed by atoms with Crippen molar-refractivity contribution in [3.63, 3.8) is 0 Å². The van der Waals surface area contributed by atoms with Gasteiger partial charge >= 0.3 is 0 Å². The first kappa shape index (κ1) is 21.0. The smallest absolute Gasteiger partial charge is 0.0131 e. The lowest BCUT2D eigenvalue weighted by Gasteiger charge is -2.23. The van der Waals surface area contributed by atoms with Gasteiger partial charge in [-0.1, -0.05) is 79.1 Å². The van der Waals surface area contributed by atoms with Gasteiger partial charge in [-0.2, -0.15) is 0 Å². The van der Waals surface area contributed by atoms with Crippen LogP contribution in [-0.4, -0.2) is 24.6 Å². The molecule has 1 heterocycles. The Labute approximate surface area is 146 Å². The van der Waals surface area contributed by atoms with Gasteiger partial charge < -0.3 is 0 Å². The second-order valence-corrected chi connectivity index (χ2v) is 8.30. The monoisotopic (exact) mass is 324 g/mol. The first-order valence-electron chi connectivity index (χ1n) is 10.6. The van der Waals surface area contributed by atoms with Gasteiger partial charge in [-0.25, -0.2) is 5.01 Å². The summed E-state index contributed by atoms with van der Waals surface area (Å²) in [5.74, 6) is 2.61. The summed E-state index contributed by atoms with van der Waals surface area (Å²) in [6, 6.07) is 0. The maximum Gasteiger partial charge on any atom is 0.0131 e. The molecular weight excluding hydrogens is 280 g/mol. The minimum absolute atomic E-state index is 0.837. The molecule has 1 aliphatic rings. The minimum atomic E-state index is 0.837. The summed E-state index contributed by atoms with van der Waals surface area (Å²) in [7, 11) is 0. The zero-order chi connectivity index (χ0) is 16.9. The van der Waals surface area contributed by atoms with E-state index >= 15 is 0 Å². The van der Waals surface area contributed by atoms with Crippen molar-refractivity contribution in [3.05, 3.63) is 0 Å². The Balaban J connectivity index is 1.86. The fourth-order valence-corrected chi connectivity index (χ4v) is 3.68. The molecule has 1 N–H and O–H groups in total. The minimum Gasteiger partial charge on any atom is -0.255 e. The molecule has 1 aliphatic heterocycles. The molecule has 1 fully saturated rings. The van der Waals surface area contributed by atoms with Crippen molar-refractivity contribution in [1.29, 1.82) is 0 Å². The van der Waals surface area contributed by atoms with Gasteiger partial charge in [0, 0.05) is 19.6 Å². The van der Waals surface area contributed by atoms with Crippen LogP contribution in [0.15, 0.2) is 0 Å². The van der Waals surface area contributed by atoms with Crippen LogP contribution in [0.25, 0.3) is 0 Å². The van der Waals surface area contributed by atoms with Crippen LogP contribution in [0.4, 0.5) is 0 Å². The van der Waals surface area contributed by atoms with E-state index in [0.29, 0.717) is 0 Å². The lowest BCUT2D eigenvalue weighted by atomic mass is 9.83. The van der Waals surface area contributed by atoms with E-state index in [1.807, 2.05) is 0 Å². The molecule has 0 saturated carbocycles. The van der Waals surface area contributed by atoms with E-state index < -0.39 is 0 Å². The molecule has 0 aromatic rings. The van der Waals surface area contributed by atoms with Gasteiger partial charge in [-0.05, 0) is 37.0 Å². The standard InChI is InChI=1S/C21H44N2/c1-19(2)21(4)20(3)15-11-8-6-5-7-9-13-17-23-18-14-10-12-16-22-23/h19-22H,5-18H2,1-4H3. The molecule has 23 heavy (non-hydrogen) atoms. The molecule has 2 heteroatoms. The highest BCUT2D eigenvalue weighted by Gasteiger charge is 2.14. The van der Waals surface area contributed by atoms with Crippen molar-refractivity contribution in [3.8, 4) is 0 Å². The fraction of sp³-hybridized carbons (Fsp3) is 1.00. The maximum absolute atomic E-state index is 3.56. The molecule has 0 radical (unpaired) electrons. The summed E-state index contributed by atoms with van der Waals surface area (Å²) < 4.78 is 0. The Morgan fingerprint density at radius 1 is 0.783 bits per heavy atom. The molecule has 0 aromatic heterocycles. The fourth-order valence-electron chi connectivity index (χ4n) is 3.68. The number of unbranched alkanes of at least 4 members (excludes halogenated alkanes) is 6. The molecular formula is C21H44N2. The van der Waals surface area contributed by atoms with Crippen LogP contribution in [0.1, 0.15) is 98.3 Å². The van der Waals surface area contributed by atoms with Crippen molar-refractivity contribution in [2.75, 3.05) is 19.6 Å². The van der Waals surface area contributed by atoms with Gasteiger partial charge in [-0.3, -0.25) is 5.43 Å². The van der Waals surface area contributed by atoms with E-state index in [-0.39, 0.29) is 0 Å². The van der Waals surface area contributed by atoms with Crippen LogP contribution in [0, 0.1) is 17.8 Å². The predicted molar refractivity (Wildman–Crippen MR) is 104 cm³/mol. The van der Waals surface area contributed by atoms with Gasteiger partial charge in [0.15, 0.2) is 0 Å². The molecule has 1 rings (SSSR count). The van der Waals surface area contributed by atoms with Gasteiger partial charge in [0.2, 0.25) is 0 Å². The van der Waals surface area contributed by atoms with Crippen LogP contribution in [0.5, 0.6) is 0 Å². The van der Waals surface area contributed by atoms with E-state index in [9.17, 15) is 0 Å². The quantitative estimate of drug-likeness (QED) is 0.441. The van der Waals surface area contributed by atoms with Crippen LogP contribution in [0.2, 0.25) is 0 Å². The number of nitrogens with zero attached hydrogens (tertiary/aromatic N) is 1. The van der Waals surface area contributed by atoms with E-state index in [1.165, 1.54) is 90.3 Å². The predicted octanol–water partition coefficient (Wildman–Crippen LogP) is 6.03. The first-order chi connectivity index (χ1) is 11.1. The Morgan fingerprint density at radius 2 is 1.43 bits per heavy atom. The highest BCUT2D eigenvalue weighted by molar-refractivity contribution is 4.65. The summed E-state index contributed by atoms with van der Waals surface area (Å²) in [6.45, 7) is 13.3. The molecule has 2 nitrogen and oxygen atoms in total. The SMILES string of the molecule is CC(C)C(C)C(C)CCCCCCCCCN1CCCCCN1. The van der Waals surface area contributed by atoms with Crippen molar-refractivity contribution in [1.82, 2.24) is 10.4 Å². The molecule has 2 atom stereocenters. The number of hydrogen-bond donors (Lipinski definition) is 1. The Hall–Kier alpha value is -0.0800. The highest BCUT2D eigenvalue weighted by atomic mass is 15.5. The zero-order valence-electron chi connectivity index (χ0n) is 16.6. The lowest BCUT2D eigenvalue weighted by molar-refractivity contribution is 0.196. The van der Waals surface area contributed by atoms with Crippen LogP contribution < -0.4 is 5.43 Å². The second-order valence-electron chi connectivity index (χ2n) is 8.30. The Bertz CT molecular complexity index is 249. The summed E-state index contributed by atoms with van der Waals surface area (Å²) in [5.41, 5.74) is 3.56. The van der Waals surface area contributed by atoms with Crippen molar-refractivity contribution >= 4 is 0 Å². The summed E-state index contributed by atoms with van der Waals surface area (Å²) in [6.07, 6.45) is 15.6. The average Bonchev–Trinajstić information content (AvgIpc) is 2.80. The highest BCUT2D eigenvalue weighted by Crippen LogP contribution is 2.25. The number of nitrogens with one attached hydrogen (secondary N) is 1. The number of rotatable bonds is 12. The Morgan fingerprint density at radius 3 is 2.13 bits per heavy atom. The largest absolute Gasteiger partial charge is 0.255 e. The third kappa shape index (κ3) is 10.4. The van der Waals surface area contributed by atoms with E-state index in [4.69, 9.17) is 0 Å². The number of hydrogen-bond acceptors (Lipinski definition) is 2. The van der Waals surface area contributed by atoms with Crippen LogP contribution >= 0.6 is 0 Å². The third-order valence-corrected chi connectivity index (χ3v) is 5.98. The normalized spacial score (nSPS) is 19.7. The zero-order valence-corrected chi connectivity index (χ0v) is 16.6. The van der Waals surface area contributed by atoms with Gasteiger partial charge in [0.05, 0.1) is 0 Å². The van der Waals surface area contributed by atoms with Gasteiger partial charge in [0.1, 0.15) is 0 Å². The third-order valence-electron chi connectivity index (χ3n) is 5.98. The molecule has 2 unspecified atom stereocenters. The molecule has 0 spiro atoms. The van der Waals surface area contributed by atoms with E-state index in [2.05, 4.69) is 38.1 Å². The number of hydrazine groups is 1. The van der Waals surface area contributed by atoms with Crippen molar-refractivity contribution in [2.24, 2.45) is 17.8 Å².